The summed E-state index contributed by atoms with van der Waals surface area (Å²) in [7, 11) is 0. The molecule has 1 rings (SSSR count). The lowest BCUT2D eigenvalue weighted by atomic mass is 10.1. The molecule has 0 saturated heterocycles. The fourth-order valence-corrected chi connectivity index (χ4v) is 1.63. The van der Waals surface area contributed by atoms with Crippen molar-refractivity contribution in [2.45, 2.75) is 6.42 Å². The second kappa shape index (κ2) is 3.89. The number of allylic oxidation sites excluding steroid dienone is 3. The second-order valence-electron chi connectivity index (χ2n) is 2.17. The van der Waals surface area contributed by atoms with Crippen molar-refractivity contribution in [2.24, 2.45) is 0 Å². The van der Waals surface area contributed by atoms with E-state index in [9.17, 15) is 0 Å². The van der Waals surface area contributed by atoms with Gasteiger partial charge in [-0.1, -0.05) is 0 Å². The fourth-order valence-electron chi connectivity index (χ4n) is 0.786. The first kappa shape index (κ1) is 8.76. The summed E-state index contributed by atoms with van der Waals surface area (Å²) in [4.78, 5) is 0. The van der Waals surface area contributed by atoms with Gasteiger partial charge in [0, 0.05) is 18.2 Å². The minimum atomic E-state index is -0.352. The summed E-state index contributed by atoms with van der Waals surface area (Å²) < 4.78 is 4.40. The van der Waals surface area contributed by atoms with Crippen LogP contribution in [0.5, 0.6) is 0 Å². The van der Waals surface area contributed by atoms with Crippen molar-refractivity contribution < 1.29 is 3.22 Å². The lowest BCUT2D eigenvalue weighted by Gasteiger charge is -2.16. The van der Waals surface area contributed by atoms with E-state index in [2.05, 4.69) is 4.51 Å². The molecule has 0 spiro atoms. The molecule has 4 heteroatoms. The number of halogens is 1. The largest absolute Gasteiger partial charge is 0.456 e. The van der Waals surface area contributed by atoms with Gasteiger partial charge in [0.05, 0.1) is 0 Å². The van der Waals surface area contributed by atoms with Crippen LogP contribution < -0.4 is 3.22 Å². The van der Waals surface area contributed by atoms with Gasteiger partial charge in [-0.25, -0.2) is 0 Å². The zero-order valence-electron chi connectivity index (χ0n) is 6.02. The van der Waals surface area contributed by atoms with Crippen LogP contribution in [-0.4, -0.2) is 10.2 Å². The molecule has 1 atom stereocenters. The Morgan fingerprint density at radius 1 is 1.64 bits per heavy atom. The highest BCUT2D eigenvalue weighted by Gasteiger charge is 2.04. The van der Waals surface area contributed by atoms with Crippen molar-refractivity contribution in [3.8, 4) is 0 Å². The first-order chi connectivity index (χ1) is 5.24. The number of rotatable bonds is 2. The van der Waals surface area contributed by atoms with Gasteiger partial charge in [-0.15, -0.1) is 0 Å². The summed E-state index contributed by atoms with van der Waals surface area (Å²) in [6.07, 6.45) is 6.18. The Kier molecular flexibility index (Phi) is 3.10. The van der Waals surface area contributed by atoms with Gasteiger partial charge in [-0.2, -0.15) is 0 Å². The van der Waals surface area contributed by atoms with E-state index in [0.717, 1.165) is 5.70 Å². The molecule has 0 bridgehead atoms. The van der Waals surface area contributed by atoms with Gasteiger partial charge in [0.25, 0.3) is 0 Å². The maximum absolute atomic E-state index is 7.49. The Morgan fingerprint density at radius 2 is 2.36 bits per heavy atom. The van der Waals surface area contributed by atoms with Crippen LogP contribution in [0, 0.1) is 5.41 Å². The maximum Gasteiger partial charge on any atom is 0.132 e. The van der Waals surface area contributed by atoms with Crippen LogP contribution in [0.2, 0.25) is 0 Å². The average Bonchev–Trinajstić information content (AvgIpc) is 2.05. The van der Waals surface area contributed by atoms with Crippen molar-refractivity contribution in [1.29, 1.82) is 5.41 Å². The lowest BCUT2D eigenvalue weighted by Crippen LogP contribution is -2.93. The molecule has 0 aromatic rings. The van der Waals surface area contributed by atoms with E-state index in [1.807, 2.05) is 12.2 Å². The summed E-state index contributed by atoms with van der Waals surface area (Å²) in [6, 6.07) is 0. The van der Waals surface area contributed by atoms with Gasteiger partial charge in [0.2, 0.25) is 0 Å². The number of nitrogens with one attached hydrogen (secondary N) is 3. The fraction of sp³-hybridized carbons (Fsp3) is 0.143. The summed E-state index contributed by atoms with van der Waals surface area (Å²) in [6.45, 7) is 0. The van der Waals surface area contributed by atoms with Crippen molar-refractivity contribution in [2.75, 3.05) is 0 Å². The predicted molar refractivity (Wildman–Crippen MR) is 56.0 cm³/mol. The number of hydrogen-bond acceptors (Lipinski definition) is 1. The molecule has 0 amide bonds. The highest BCUT2D eigenvalue weighted by atomic mass is 127. The molecule has 0 fully saturated rings. The quantitative estimate of drug-likeness (QED) is 0.424. The zero-order chi connectivity index (χ0) is 8.27. The van der Waals surface area contributed by atoms with E-state index >= 15 is 0 Å². The smallest absolute Gasteiger partial charge is 0.132 e. The lowest BCUT2D eigenvalue weighted by molar-refractivity contribution is -0.591. The molecule has 0 heterocycles. The van der Waals surface area contributed by atoms with Crippen molar-refractivity contribution >= 4 is 31.2 Å². The van der Waals surface area contributed by atoms with Crippen LogP contribution in [0.25, 0.3) is 5.84 Å². The summed E-state index contributed by atoms with van der Waals surface area (Å²) in [5.41, 5.74) is 1.58. The average molecular weight is 263 g/mol. The standard InChI is InChI=1S/C7H10IN3/c1-8-11(10)7-4-2-6(9)3-5-7/h2,4-5,9-11H,1,3H2. The molecular weight excluding hydrogens is 253 g/mol. The molecule has 60 valence electrons. The van der Waals surface area contributed by atoms with E-state index in [1.165, 1.54) is 0 Å². The van der Waals surface area contributed by atoms with E-state index in [1.54, 1.807) is 6.08 Å². The monoisotopic (exact) mass is 263 g/mol. The topological polar surface area (TPSA) is 52.1 Å². The molecule has 3 nitrogen and oxygen atoms in total. The Morgan fingerprint density at radius 3 is 2.82 bits per heavy atom. The third kappa shape index (κ3) is 2.32. The number of hydrogen-bond donors (Lipinski definition) is 2. The third-order valence-electron chi connectivity index (χ3n) is 1.39. The molecule has 0 aliphatic heterocycles. The number of quaternary nitrogens is 1. The summed E-state index contributed by atoms with van der Waals surface area (Å²) in [5.74, 6) is 7.49. The Bertz CT molecular complexity index is 242. The van der Waals surface area contributed by atoms with Crippen molar-refractivity contribution in [3.05, 3.63) is 29.8 Å². The molecule has 0 saturated carbocycles. The minimum Gasteiger partial charge on any atom is -0.456 e. The van der Waals surface area contributed by atoms with E-state index in [0.29, 0.717) is 15.4 Å². The Labute approximate surface area is 76.2 Å². The van der Waals surface area contributed by atoms with E-state index < -0.39 is 0 Å². The van der Waals surface area contributed by atoms with Gasteiger partial charge in [-0.3, -0.25) is 0 Å². The van der Waals surface area contributed by atoms with Crippen LogP contribution in [0.4, 0.5) is 0 Å². The Hall–Kier alpha value is -0.330. The molecule has 1 unspecified atom stereocenters. The van der Waals surface area contributed by atoms with Gasteiger partial charge < -0.3 is 14.5 Å². The first-order valence-corrected chi connectivity index (χ1v) is 5.77. The SMILES string of the molecule is C=I[NH+]([NH-])C1=CCC(=N)C=C1. The molecule has 0 aromatic carbocycles. The van der Waals surface area contributed by atoms with Crippen molar-refractivity contribution in [1.82, 2.24) is 0 Å². The van der Waals surface area contributed by atoms with Crippen LogP contribution in [0.15, 0.2) is 23.9 Å². The molecule has 11 heavy (non-hydrogen) atoms. The highest BCUT2D eigenvalue weighted by molar-refractivity contribution is 14.1. The maximum atomic E-state index is 7.49. The molecule has 1 aliphatic rings. The molecular formula is C7H10IN3. The summed E-state index contributed by atoms with van der Waals surface area (Å²) >= 11 is -0.352. The van der Waals surface area contributed by atoms with Crippen LogP contribution in [0.1, 0.15) is 6.42 Å². The molecule has 1 aliphatic carbocycles. The van der Waals surface area contributed by atoms with Gasteiger partial charge >= 0.3 is 0 Å². The van der Waals surface area contributed by atoms with Crippen molar-refractivity contribution in [3.63, 3.8) is 0 Å². The van der Waals surface area contributed by atoms with Crippen LogP contribution >= 0.6 is 21.0 Å². The van der Waals surface area contributed by atoms with Crippen LogP contribution in [0.3, 0.4) is 0 Å². The van der Waals surface area contributed by atoms with E-state index in [-0.39, 0.29) is 21.0 Å². The molecule has 0 aromatic heterocycles. The van der Waals surface area contributed by atoms with E-state index in [4.69, 9.17) is 11.3 Å². The zero-order valence-corrected chi connectivity index (χ0v) is 8.18. The normalized spacial score (nSPS) is 19.7. The Balaban J connectivity index is 2.70. The highest BCUT2D eigenvalue weighted by Crippen LogP contribution is 2.02. The van der Waals surface area contributed by atoms with Gasteiger partial charge in [0.15, 0.2) is 0 Å². The molecule has 3 N–H and O–H groups in total. The van der Waals surface area contributed by atoms with Gasteiger partial charge in [-0.05, 0) is 16.7 Å². The summed E-state index contributed by atoms with van der Waals surface area (Å²) in [5, 5.41) is 7.27. The minimum absolute atomic E-state index is 0.352. The second-order valence-corrected chi connectivity index (χ2v) is 4.01. The molecule has 0 radical (unpaired) electrons. The predicted octanol–water partition coefficient (Wildman–Crippen LogP) is 1.02. The van der Waals surface area contributed by atoms with Gasteiger partial charge in [0.1, 0.15) is 26.7 Å². The first-order valence-electron chi connectivity index (χ1n) is 3.17. The van der Waals surface area contributed by atoms with Crippen LogP contribution in [-0.2, 0) is 0 Å². The third-order valence-corrected chi connectivity index (χ3v) is 2.78.